The smallest absolute Gasteiger partial charge is 0.235 e. The lowest BCUT2D eigenvalue weighted by Gasteiger charge is -2.16. The number of para-hydroxylation sites is 1. The van der Waals surface area contributed by atoms with Gasteiger partial charge in [0.15, 0.2) is 0 Å². The second kappa shape index (κ2) is 6.32. The maximum absolute atomic E-state index is 12.4. The first-order valence-corrected chi connectivity index (χ1v) is 9.58. The summed E-state index contributed by atoms with van der Waals surface area (Å²) in [5.41, 5.74) is 6.20. The Kier molecular flexibility index (Phi) is 4.11. The molecule has 1 atom stereocenters. The molecule has 3 aromatic rings. The molecule has 26 heavy (non-hydrogen) atoms. The van der Waals surface area contributed by atoms with Gasteiger partial charge in [0, 0.05) is 23.9 Å². The lowest BCUT2D eigenvalue weighted by atomic mass is 10.0. The largest absolute Gasteiger partial charge is 0.310 e. The topological polar surface area (TPSA) is 64.7 Å². The molecule has 0 saturated heterocycles. The van der Waals surface area contributed by atoms with E-state index in [-0.39, 0.29) is 11.2 Å². The Morgan fingerprint density at radius 1 is 1.08 bits per heavy atom. The first-order chi connectivity index (χ1) is 12.5. The second-order valence-corrected chi connectivity index (χ2v) is 7.64. The molecule has 1 amide bonds. The first kappa shape index (κ1) is 16.9. The summed E-state index contributed by atoms with van der Waals surface area (Å²) in [6.45, 7) is 6.11. The molecular weight excluding hydrogens is 346 g/mol. The van der Waals surface area contributed by atoms with Crippen molar-refractivity contribution in [1.82, 2.24) is 19.6 Å². The summed E-state index contributed by atoms with van der Waals surface area (Å²) in [5, 5.41) is 12.4. The van der Waals surface area contributed by atoms with Gasteiger partial charge in [0.05, 0.1) is 28.1 Å². The highest BCUT2D eigenvalue weighted by molar-refractivity contribution is 8.00. The lowest BCUT2D eigenvalue weighted by Crippen LogP contribution is -2.15. The van der Waals surface area contributed by atoms with Gasteiger partial charge in [-0.15, -0.1) is 11.8 Å². The molecule has 0 saturated carbocycles. The van der Waals surface area contributed by atoms with Crippen molar-refractivity contribution in [3.05, 3.63) is 58.5 Å². The zero-order valence-electron chi connectivity index (χ0n) is 15.3. The van der Waals surface area contributed by atoms with Crippen molar-refractivity contribution in [2.24, 2.45) is 7.05 Å². The maximum atomic E-state index is 12.4. The predicted molar refractivity (Wildman–Crippen MR) is 104 cm³/mol. The number of fused-ring (bicyclic) bond motifs is 1. The van der Waals surface area contributed by atoms with Gasteiger partial charge in [0.1, 0.15) is 5.82 Å². The van der Waals surface area contributed by atoms with Crippen molar-refractivity contribution < 1.29 is 4.79 Å². The fourth-order valence-electron chi connectivity index (χ4n) is 3.54. The molecule has 1 aliphatic rings. The average molecular weight is 367 g/mol. The van der Waals surface area contributed by atoms with Gasteiger partial charge in [-0.1, -0.05) is 18.2 Å². The normalized spacial score (nSPS) is 16.9. The van der Waals surface area contributed by atoms with E-state index in [2.05, 4.69) is 17.3 Å². The Morgan fingerprint density at radius 3 is 2.42 bits per heavy atom. The summed E-state index contributed by atoms with van der Waals surface area (Å²) in [4.78, 5) is 12.4. The minimum absolute atomic E-state index is 0.00460. The summed E-state index contributed by atoms with van der Waals surface area (Å²) in [6, 6.07) is 9.90. The molecular formula is C19H21N5OS. The van der Waals surface area contributed by atoms with Gasteiger partial charge in [-0.3, -0.25) is 9.48 Å². The van der Waals surface area contributed by atoms with Gasteiger partial charge in [-0.05, 0) is 32.9 Å². The molecule has 7 heteroatoms. The van der Waals surface area contributed by atoms with Crippen LogP contribution in [-0.2, 0) is 11.8 Å². The summed E-state index contributed by atoms with van der Waals surface area (Å²) >= 11 is 1.63. The minimum atomic E-state index is -0.00460. The fraction of sp³-hybridized carbons (Fsp3) is 0.316. The zero-order chi connectivity index (χ0) is 18.4. The van der Waals surface area contributed by atoms with E-state index in [0.29, 0.717) is 5.75 Å². The Hall–Kier alpha value is -2.54. The van der Waals surface area contributed by atoms with Crippen LogP contribution in [0, 0.1) is 20.8 Å². The molecule has 1 aromatic carbocycles. The number of aryl methyl sites for hydroxylation is 3. The highest BCUT2D eigenvalue weighted by Crippen LogP contribution is 2.45. The minimum Gasteiger partial charge on any atom is -0.310 e. The number of rotatable bonds is 2. The number of anilines is 1. The third kappa shape index (κ3) is 2.63. The molecule has 0 aliphatic carbocycles. The van der Waals surface area contributed by atoms with Gasteiger partial charge in [0.25, 0.3) is 0 Å². The molecule has 134 valence electrons. The summed E-state index contributed by atoms with van der Waals surface area (Å²) in [7, 11) is 1.96. The van der Waals surface area contributed by atoms with E-state index < -0.39 is 0 Å². The van der Waals surface area contributed by atoms with Crippen molar-refractivity contribution >= 4 is 23.5 Å². The maximum Gasteiger partial charge on any atom is 0.235 e. The Labute approximate surface area is 156 Å². The standard InChI is InChI=1S/C19H21N5OS/c1-11-16(13(3)23(4)21-11)18-17-12(2)22-24(14-8-6-5-7-9-14)19(17)20-15(25)10-26-18/h5-9,18H,10H2,1-4H3,(H,20,25). The molecule has 6 nitrogen and oxygen atoms in total. The molecule has 1 N–H and O–H groups in total. The second-order valence-electron chi connectivity index (χ2n) is 6.54. The number of aromatic nitrogens is 4. The van der Waals surface area contributed by atoms with Crippen LogP contribution >= 0.6 is 11.8 Å². The van der Waals surface area contributed by atoms with Crippen LogP contribution < -0.4 is 5.32 Å². The van der Waals surface area contributed by atoms with Crippen LogP contribution in [0.4, 0.5) is 5.82 Å². The van der Waals surface area contributed by atoms with Crippen LogP contribution in [-0.4, -0.2) is 31.2 Å². The number of hydrogen-bond acceptors (Lipinski definition) is 4. The summed E-state index contributed by atoms with van der Waals surface area (Å²) in [6.07, 6.45) is 0. The molecule has 0 spiro atoms. The number of benzene rings is 1. The van der Waals surface area contributed by atoms with Gasteiger partial charge >= 0.3 is 0 Å². The number of thioether (sulfide) groups is 1. The number of nitrogens with zero attached hydrogens (tertiary/aromatic N) is 4. The molecule has 3 heterocycles. The Bertz CT molecular complexity index is 989. The number of hydrogen-bond donors (Lipinski definition) is 1. The third-order valence-electron chi connectivity index (χ3n) is 4.84. The van der Waals surface area contributed by atoms with E-state index in [4.69, 9.17) is 5.10 Å². The van der Waals surface area contributed by atoms with Crippen molar-refractivity contribution in [3.8, 4) is 5.69 Å². The van der Waals surface area contributed by atoms with E-state index in [1.807, 2.05) is 60.6 Å². The fourth-order valence-corrected chi connectivity index (χ4v) is 4.88. The van der Waals surface area contributed by atoms with Crippen molar-refractivity contribution in [2.45, 2.75) is 26.0 Å². The molecule has 0 radical (unpaired) electrons. The monoisotopic (exact) mass is 367 g/mol. The number of nitrogens with one attached hydrogen (secondary N) is 1. The van der Waals surface area contributed by atoms with Gasteiger partial charge < -0.3 is 5.32 Å². The van der Waals surface area contributed by atoms with Gasteiger partial charge in [-0.25, -0.2) is 4.68 Å². The number of carbonyl (C=O) groups is 1. The molecule has 0 fully saturated rings. The van der Waals surface area contributed by atoms with E-state index in [0.717, 1.165) is 34.2 Å². The lowest BCUT2D eigenvalue weighted by molar-refractivity contribution is -0.113. The molecule has 1 unspecified atom stereocenters. The summed E-state index contributed by atoms with van der Waals surface area (Å²) < 4.78 is 3.74. The van der Waals surface area contributed by atoms with E-state index in [1.54, 1.807) is 11.8 Å². The number of carbonyl (C=O) groups excluding carboxylic acids is 1. The Morgan fingerprint density at radius 2 is 1.77 bits per heavy atom. The van der Waals surface area contributed by atoms with Crippen LogP contribution in [0.5, 0.6) is 0 Å². The van der Waals surface area contributed by atoms with E-state index in [1.165, 1.54) is 5.56 Å². The third-order valence-corrected chi connectivity index (χ3v) is 6.07. The van der Waals surface area contributed by atoms with Crippen LogP contribution in [0.15, 0.2) is 30.3 Å². The summed E-state index contributed by atoms with van der Waals surface area (Å²) in [5.74, 6) is 1.16. The van der Waals surface area contributed by atoms with Crippen molar-refractivity contribution in [2.75, 3.05) is 11.1 Å². The first-order valence-electron chi connectivity index (χ1n) is 8.54. The molecule has 4 rings (SSSR count). The average Bonchev–Trinajstić information content (AvgIpc) is 2.99. The Balaban J connectivity index is 1.94. The van der Waals surface area contributed by atoms with Gasteiger partial charge in [-0.2, -0.15) is 10.2 Å². The van der Waals surface area contributed by atoms with Crippen LogP contribution in [0.25, 0.3) is 5.69 Å². The van der Waals surface area contributed by atoms with Crippen molar-refractivity contribution in [3.63, 3.8) is 0 Å². The van der Waals surface area contributed by atoms with E-state index >= 15 is 0 Å². The van der Waals surface area contributed by atoms with Crippen molar-refractivity contribution in [1.29, 1.82) is 0 Å². The quantitative estimate of drug-likeness (QED) is 0.755. The van der Waals surface area contributed by atoms with Crippen LogP contribution in [0.2, 0.25) is 0 Å². The SMILES string of the molecule is Cc1nn(C)c(C)c1C1SCC(=O)Nc2c1c(C)nn2-c1ccccc1. The van der Waals surface area contributed by atoms with Crippen LogP contribution in [0.1, 0.15) is 33.5 Å². The highest BCUT2D eigenvalue weighted by atomic mass is 32.2. The molecule has 1 aliphatic heterocycles. The van der Waals surface area contributed by atoms with Gasteiger partial charge in [0.2, 0.25) is 5.91 Å². The predicted octanol–water partition coefficient (Wildman–Crippen LogP) is 3.31. The molecule has 2 aromatic heterocycles. The zero-order valence-corrected chi connectivity index (χ0v) is 16.1. The highest BCUT2D eigenvalue weighted by Gasteiger charge is 2.33. The van der Waals surface area contributed by atoms with E-state index in [9.17, 15) is 4.79 Å². The molecule has 0 bridgehead atoms. The van der Waals surface area contributed by atoms with Crippen LogP contribution in [0.3, 0.4) is 0 Å². The number of amides is 1.